The van der Waals surface area contributed by atoms with Gasteiger partial charge in [0.2, 0.25) is 10.0 Å². The molecule has 1 N–H and O–H groups in total. The van der Waals surface area contributed by atoms with Crippen molar-refractivity contribution in [3.63, 3.8) is 0 Å². The normalized spacial score (nSPS) is 11.5. The quantitative estimate of drug-likeness (QED) is 0.825. The van der Waals surface area contributed by atoms with Crippen LogP contribution in [0.15, 0.2) is 39.8 Å². The number of rotatable bonds is 6. The van der Waals surface area contributed by atoms with Crippen molar-refractivity contribution in [1.82, 2.24) is 9.88 Å². The Hall–Kier alpha value is -1.99. The van der Waals surface area contributed by atoms with E-state index < -0.39 is 10.0 Å². The molecular formula is C14H16N2O4S. The maximum atomic E-state index is 12.2. The van der Waals surface area contributed by atoms with Gasteiger partial charge in [0, 0.05) is 18.1 Å². The topological polar surface area (TPSA) is 89.3 Å². The lowest BCUT2D eigenvalue weighted by Crippen LogP contribution is -2.23. The van der Waals surface area contributed by atoms with E-state index in [1.807, 2.05) is 0 Å². The molecule has 6 nitrogen and oxygen atoms in total. The van der Waals surface area contributed by atoms with Crippen molar-refractivity contribution >= 4 is 15.8 Å². The van der Waals surface area contributed by atoms with E-state index in [-0.39, 0.29) is 17.2 Å². The van der Waals surface area contributed by atoms with E-state index in [0.29, 0.717) is 23.4 Å². The number of hydrogen-bond acceptors (Lipinski definition) is 5. The Balaban J connectivity index is 2.17. The molecule has 0 atom stereocenters. The van der Waals surface area contributed by atoms with Crippen molar-refractivity contribution in [1.29, 1.82) is 0 Å². The highest BCUT2D eigenvalue weighted by atomic mass is 32.2. The van der Waals surface area contributed by atoms with Crippen LogP contribution in [0.2, 0.25) is 0 Å². The summed E-state index contributed by atoms with van der Waals surface area (Å²) in [7, 11) is -3.70. The first-order valence-electron chi connectivity index (χ1n) is 6.47. The molecule has 0 amide bonds. The summed E-state index contributed by atoms with van der Waals surface area (Å²) in [5.74, 6) is 0.328. The smallest absolute Gasteiger partial charge is 0.241 e. The van der Waals surface area contributed by atoms with Gasteiger partial charge < -0.3 is 4.52 Å². The number of Topliss-reactive ketones (excluding diaryl/α,β-unsaturated/α-hetero) is 1. The summed E-state index contributed by atoms with van der Waals surface area (Å²) in [5, 5.41) is 3.68. The standard InChI is InChI=1S/C14H16N2O4S/c1-3-14(17)11-5-4-6-13(8-11)21(18,19)15-9-12-7-10(2)16-20-12/h4-8,15H,3,9H2,1-2H3. The lowest BCUT2D eigenvalue weighted by Gasteiger charge is -2.06. The van der Waals surface area contributed by atoms with Crippen LogP contribution >= 0.6 is 0 Å². The molecule has 1 heterocycles. The fourth-order valence-corrected chi connectivity index (χ4v) is 2.83. The highest BCUT2D eigenvalue weighted by molar-refractivity contribution is 7.89. The molecule has 0 aliphatic rings. The Morgan fingerprint density at radius 1 is 1.33 bits per heavy atom. The average molecular weight is 308 g/mol. The summed E-state index contributed by atoms with van der Waals surface area (Å²) in [6.07, 6.45) is 0.328. The van der Waals surface area contributed by atoms with Crippen molar-refractivity contribution < 1.29 is 17.7 Å². The predicted octanol–water partition coefficient (Wildman–Crippen LogP) is 2.05. The number of sulfonamides is 1. The molecule has 0 unspecified atom stereocenters. The number of aryl methyl sites for hydroxylation is 1. The number of carbonyl (C=O) groups is 1. The Kier molecular flexibility index (Phi) is 4.54. The summed E-state index contributed by atoms with van der Waals surface area (Å²) in [4.78, 5) is 11.7. The second-order valence-electron chi connectivity index (χ2n) is 4.56. The van der Waals surface area contributed by atoms with Gasteiger partial charge in [-0.25, -0.2) is 13.1 Å². The summed E-state index contributed by atoms with van der Waals surface area (Å²) < 4.78 is 31.7. The van der Waals surface area contributed by atoms with Gasteiger partial charge in [-0.15, -0.1) is 0 Å². The van der Waals surface area contributed by atoms with Crippen LogP contribution in [0.25, 0.3) is 0 Å². The maximum absolute atomic E-state index is 12.2. The van der Waals surface area contributed by atoms with Crippen LogP contribution in [-0.4, -0.2) is 19.4 Å². The van der Waals surface area contributed by atoms with Crippen LogP contribution in [0, 0.1) is 6.92 Å². The third kappa shape index (κ3) is 3.77. The van der Waals surface area contributed by atoms with Crippen LogP contribution in [-0.2, 0) is 16.6 Å². The number of aromatic nitrogens is 1. The fourth-order valence-electron chi connectivity index (χ4n) is 1.79. The van der Waals surface area contributed by atoms with Crippen molar-refractivity contribution in [2.24, 2.45) is 0 Å². The molecule has 0 bridgehead atoms. The molecule has 7 heteroatoms. The van der Waals surface area contributed by atoms with E-state index in [9.17, 15) is 13.2 Å². The van der Waals surface area contributed by atoms with Gasteiger partial charge in [-0.1, -0.05) is 24.2 Å². The number of benzene rings is 1. The number of nitrogens with zero attached hydrogens (tertiary/aromatic N) is 1. The average Bonchev–Trinajstić information content (AvgIpc) is 2.90. The molecule has 0 aliphatic carbocycles. The van der Waals surface area contributed by atoms with Gasteiger partial charge in [-0.05, 0) is 19.1 Å². The second-order valence-corrected chi connectivity index (χ2v) is 6.33. The van der Waals surface area contributed by atoms with Crippen molar-refractivity contribution in [2.45, 2.75) is 31.7 Å². The first-order chi connectivity index (χ1) is 9.92. The van der Waals surface area contributed by atoms with Gasteiger partial charge in [-0.2, -0.15) is 0 Å². The number of nitrogens with one attached hydrogen (secondary N) is 1. The largest absolute Gasteiger partial charge is 0.360 e. The molecule has 0 spiro atoms. The van der Waals surface area contributed by atoms with Gasteiger partial charge in [0.15, 0.2) is 11.5 Å². The van der Waals surface area contributed by atoms with E-state index >= 15 is 0 Å². The first-order valence-corrected chi connectivity index (χ1v) is 7.96. The lowest BCUT2D eigenvalue weighted by molar-refractivity contribution is 0.0988. The Labute approximate surface area is 123 Å². The zero-order valence-electron chi connectivity index (χ0n) is 11.8. The molecule has 2 rings (SSSR count). The maximum Gasteiger partial charge on any atom is 0.241 e. The van der Waals surface area contributed by atoms with Gasteiger partial charge in [-0.3, -0.25) is 4.79 Å². The predicted molar refractivity (Wildman–Crippen MR) is 76.3 cm³/mol. The molecule has 0 aliphatic heterocycles. The summed E-state index contributed by atoms with van der Waals surface area (Å²) in [5.41, 5.74) is 1.07. The van der Waals surface area contributed by atoms with E-state index in [0.717, 1.165) is 0 Å². The van der Waals surface area contributed by atoms with Crippen molar-refractivity contribution in [3.05, 3.63) is 47.3 Å². The Bertz CT molecular complexity index is 750. The molecule has 0 saturated heterocycles. The van der Waals surface area contributed by atoms with E-state index in [2.05, 4.69) is 9.88 Å². The lowest BCUT2D eigenvalue weighted by atomic mass is 10.1. The molecular weight excluding hydrogens is 292 g/mol. The first kappa shape index (κ1) is 15.4. The monoisotopic (exact) mass is 308 g/mol. The Morgan fingerprint density at radius 3 is 2.71 bits per heavy atom. The van der Waals surface area contributed by atoms with E-state index in [1.165, 1.54) is 12.1 Å². The summed E-state index contributed by atoms with van der Waals surface area (Å²) in [6, 6.07) is 7.63. The SMILES string of the molecule is CCC(=O)c1cccc(S(=O)(=O)NCc2cc(C)no2)c1. The van der Waals surface area contributed by atoms with Crippen LogP contribution in [0.3, 0.4) is 0 Å². The molecule has 0 radical (unpaired) electrons. The molecule has 2 aromatic rings. The summed E-state index contributed by atoms with van der Waals surface area (Å²) >= 11 is 0. The van der Waals surface area contributed by atoms with Crippen LogP contribution < -0.4 is 4.72 Å². The molecule has 0 fully saturated rings. The molecule has 0 saturated carbocycles. The minimum Gasteiger partial charge on any atom is -0.360 e. The number of ketones is 1. The van der Waals surface area contributed by atoms with E-state index in [4.69, 9.17) is 4.52 Å². The third-order valence-corrected chi connectivity index (χ3v) is 4.30. The Morgan fingerprint density at radius 2 is 2.10 bits per heavy atom. The van der Waals surface area contributed by atoms with Crippen molar-refractivity contribution in [2.75, 3.05) is 0 Å². The minimum atomic E-state index is -3.70. The molecule has 1 aromatic carbocycles. The van der Waals surface area contributed by atoms with Gasteiger partial charge >= 0.3 is 0 Å². The fraction of sp³-hybridized carbons (Fsp3) is 0.286. The van der Waals surface area contributed by atoms with Gasteiger partial charge in [0.25, 0.3) is 0 Å². The highest BCUT2D eigenvalue weighted by Gasteiger charge is 2.16. The zero-order valence-corrected chi connectivity index (χ0v) is 12.6. The minimum absolute atomic E-state index is 0.00905. The van der Waals surface area contributed by atoms with E-state index in [1.54, 1.807) is 32.0 Å². The van der Waals surface area contributed by atoms with Gasteiger partial charge in [0.1, 0.15) is 0 Å². The van der Waals surface area contributed by atoms with Crippen molar-refractivity contribution in [3.8, 4) is 0 Å². The zero-order chi connectivity index (χ0) is 15.5. The third-order valence-electron chi connectivity index (χ3n) is 2.90. The second kappa shape index (κ2) is 6.19. The number of hydrogen-bond donors (Lipinski definition) is 1. The molecule has 21 heavy (non-hydrogen) atoms. The molecule has 112 valence electrons. The highest BCUT2D eigenvalue weighted by Crippen LogP contribution is 2.14. The van der Waals surface area contributed by atoms with Crippen LogP contribution in [0.4, 0.5) is 0 Å². The van der Waals surface area contributed by atoms with Crippen LogP contribution in [0.5, 0.6) is 0 Å². The number of carbonyl (C=O) groups excluding carboxylic acids is 1. The summed E-state index contributed by atoms with van der Waals surface area (Å²) in [6.45, 7) is 3.49. The van der Waals surface area contributed by atoms with Crippen LogP contribution in [0.1, 0.15) is 35.2 Å². The molecule has 1 aromatic heterocycles. The van der Waals surface area contributed by atoms with Gasteiger partial charge in [0.05, 0.1) is 17.1 Å².